The Morgan fingerprint density at radius 3 is 2.55 bits per heavy atom. The van der Waals surface area contributed by atoms with Crippen LogP contribution in [0.2, 0.25) is 0 Å². The Balaban J connectivity index is 2.70. The summed E-state index contributed by atoms with van der Waals surface area (Å²) in [6.45, 7) is 0. The fourth-order valence-corrected chi connectivity index (χ4v) is 1.88. The van der Waals surface area contributed by atoms with Crippen LogP contribution >= 0.6 is 0 Å². The lowest BCUT2D eigenvalue weighted by Gasteiger charge is -2.21. The van der Waals surface area contributed by atoms with Crippen molar-refractivity contribution in [1.29, 1.82) is 0 Å². The number of nitro benzene ring substituents is 1. The van der Waals surface area contributed by atoms with Gasteiger partial charge in [-0.05, 0) is 6.07 Å². The van der Waals surface area contributed by atoms with Gasteiger partial charge in [-0.1, -0.05) is 0 Å². The smallest absolute Gasteiger partial charge is 0.423 e. The van der Waals surface area contributed by atoms with Crippen LogP contribution in [0.4, 0.5) is 30.2 Å². The number of aliphatic imine (C=N–C) groups is 1. The number of carboxylic acids is 1. The Labute approximate surface area is 119 Å². The fourth-order valence-electron chi connectivity index (χ4n) is 1.88. The molecule has 2 N–H and O–H groups in total. The minimum atomic E-state index is -5.02. The van der Waals surface area contributed by atoms with Crippen LogP contribution in [0.5, 0.6) is 0 Å². The van der Waals surface area contributed by atoms with Crippen LogP contribution in [0.25, 0.3) is 0 Å². The number of alkyl halides is 3. The highest BCUT2D eigenvalue weighted by molar-refractivity contribution is 6.42. The highest BCUT2D eigenvalue weighted by Crippen LogP contribution is 2.43. The standard InChI is InChI=1S/C11H6F3N3O5/c12-11(13,14)4-1-5-6(2-8(4)17(21)22)15-7(3-18)9(16-5)10(19)20/h1-3,7,15H,(H,19,20). The first-order chi connectivity index (χ1) is 10.1. The predicted octanol–water partition coefficient (Wildman–Crippen LogP) is 1.76. The molecule has 0 aliphatic carbocycles. The second kappa shape index (κ2) is 5.09. The molecule has 0 aromatic heterocycles. The molecule has 116 valence electrons. The fraction of sp³-hybridized carbons (Fsp3) is 0.182. The summed E-state index contributed by atoms with van der Waals surface area (Å²) < 4.78 is 38.5. The third-order valence-corrected chi connectivity index (χ3v) is 2.82. The number of fused-ring (bicyclic) bond motifs is 1. The summed E-state index contributed by atoms with van der Waals surface area (Å²) in [5.41, 5.74) is -4.17. The zero-order valence-electron chi connectivity index (χ0n) is 10.4. The van der Waals surface area contributed by atoms with E-state index in [2.05, 4.69) is 10.3 Å². The van der Waals surface area contributed by atoms with E-state index in [0.717, 1.165) is 0 Å². The molecule has 0 fully saturated rings. The number of carbonyl (C=O) groups excluding carboxylic acids is 1. The number of nitro groups is 1. The highest BCUT2D eigenvalue weighted by atomic mass is 19.4. The lowest BCUT2D eigenvalue weighted by molar-refractivity contribution is -0.388. The van der Waals surface area contributed by atoms with Crippen LogP contribution in [0.3, 0.4) is 0 Å². The van der Waals surface area contributed by atoms with Crippen molar-refractivity contribution >= 4 is 35.0 Å². The number of benzene rings is 1. The number of nitrogens with zero attached hydrogens (tertiary/aromatic N) is 2. The van der Waals surface area contributed by atoms with Gasteiger partial charge >= 0.3 is 12.1 Å². The van der Waals surface area contributed by atoms with Gasteiger partial charge in [-0.2, -0.15) is 13.2 Å². The minimum absolute atomic E-state index is 0.180. The van der Waals surface area contributed by atoms with Gasteiger partial charge in [0.1, 0.15) is 17.9 Å². The molecule has 0 radical (unpaired) electrons. The molecular formula is C11H6F3N3O5. The number of aliphatic carboxylic acids is 1. The van der Waals surface area contributed by atoms with Gasteiger partial charge < -0.3 is 15.2 Å². The summed E-state index contributed by atoms with van der Waals surface area (Å²) in [6.07, 6.45) is -4.84. The van der Waals surface area contributed by atoms with E-state index in [1.807, 2.05) is 0 Å². The molecule has 0 saturated carbocycles. The summed E-state index contributed by atoms with van der Waals surface area (Å²) >= 11 is 0. The lowest BCUT2D eigenvalue weighted by Crippen LogP contribution is -2.38. The van der Waals surface area contributed by atoms with Crippen LogP contribution in [-0.2, 0) is 15.8 Å². The first kappa shape index (κ1) is 15.4. The molecule has 11 heteroatoms. The Hall–Kier alpha value is -2.98. The third kappa shape index (κ3) is 2.60. The maximum absolute atomic E-state index is 12.8. The molecule has 1 aromatic carbocycles. The van der Waals surface area contributed by atoms with Crippen molar-refractivity contribution in [3.05, 3.63) is 27.8 Å². The molecule has 0 amide bonds. The number of hydrogen-bond acceptors (Lipinski definition) is 6. The molecule has 8 nitrogen and oxygen atoms in total. The number of rotatable bonds is 3. The van der Waals surface area contributed by atoms with Crippen molar-refractivity contribution in [2.75, 3.05) is 5.32 Å². The molecule has 1 aliphatic rings. The first-order valence-electron chi connectivity index (χ1n) is 5.58. The van der Waals surface area contributed by atoms with Crippen molar-refractivity contribution in [2.24, 2.45) is 4.99 Å². The molecule has 1 unspecified atom stereocenters. The van der Waals surface area contributed by atoms with E-state index in [-0.39, 0.29) is 12.0 Å². The van der Waals surface area contributed by atoms with E-state index in [4.69, 9.17) is 5.11 Å². The topological polar surface area (TPSA) is 122 Å². The van der Waals surface area contributed by atoms with Gasteiger partial charge in [0.25, 0.3) is 5.69 Å². The maximum Gasteiger partial charge on any atom is 0.423 e. The molecule has 0 saturated heterocycles. The molecular weight excluding hydrogens is 311 g/mol. The largest absolute Gasteiger partial charge is 0.477 e. The summed E-state index contributed by atoms with van der Waals surface area (Å²) in [5.74, 6) is -1.60. The van der Waals surface area contributed by atoms with Gasteiger partial charge in [0.2, 0.25) is 0 Å². The van der Waals surface area contributed by atoms with Crippen molar-refractivity contribution in [3.63, 3.8) is 0 Å². The Bertz CT molecular complexity index is 714. The van der Waals surface area contributed by atoms with Gasteiger partial charge in [-0.3, -0.25) is 10.1 Å². The monoisotopic (exact) mass is 317 g/mol. The number of aldehydes is 1. The SMILES string of the molecule is O=CC1Nc2cc([N+](=O)[O-])c(C(F)(F)F)cc2N=C1C(=O)O. The van der Waals surface area contributed by atoms with E-state index in [1.165, 1.54) is 0 Å². The Morgan fingerprint density at radius 2 is 2.09 bits per heavy atom. The number of carbonyl (C=O) groups is 2. The maximum atomic E-state index is 12.8. The lowest BCUT2D eigenvalue weighted by atomic mass is 10.1. The second-order valence-electron chi connectivity index (χ2n) is 4.20. The van der Waals surface area contributed by atoms with Crippen LogP contribution < -0.4 is 5.32 Å². The average molecular weight is 317 g/mol. The Kier molecular flexibility index (Phi) is 3.57. The predicted molar refractivity (Wildman–Crippen MR) is 66.3 cm³/mol. The third-order valence-electron chi connectivity index (χ3n) is 2.82. The number of hydrogen-bond donors (Lipinski definition) is 2. The molecule has 1 atom stereocenters. The van der Waals surface area contributed by atoms with Gasteiger partial charge in [0.05, 0.1) is 16.3 Å². The van der Waals surface area contributed by atoms with Crippen molar-refractivity contribution < 1.29 is 32.8 Å². The van der Waals surface area contributed by atoms with Crippen molar-refractivity contribution in [2.45, 2.75) is 12.2 Å². The molecule has 2 rings (SSSR count). The zero-order valence-corrected chi connectivity index (χ0v) is 10.4. The molecule has 22 heavy (non-hydrogen) atoms. The summed E-state index contributed by atoms with van der Waals surface area (Å²) in [6, 6.07) is -0.484. The summed E-state index contributed by atoms with van der Waals surface area (Å²) in [5, 5.41) is 21.9. The van der Waals surface area contributed by atoms with Crippen LogP contribution in [0, 0.1) is 10.1 Å². The minimum Gasteiger partial charge on any atom is -0.477 e. The molecule has 0 bridgehead atoms. The highest BCUT2D eigenvalue weighted by Gasteiger charge is 2.40. The van der Waals surface area contributed by atoms with Crippen molar-refractivity contribution in [3.8, 4) is 0 Å². The van der Waals surface area contributed by atoms with E-state index >= 15 is 0 Å². The van der Waals surface area contributed by atoms with E-state index in [9.17, 15) is 32.9 Å². The number of carboxylic acid groups (broad SMARTS) is 1. The van der Waals surface area contributed by atoms with Crippen LogP contribution in [0.15, 0.2) is 17.1 Å². The Morgan fingerprint density at radius 1 is 1.45 bits per heavy atom. The van der Waals surface area contributed by atoms with Crippen LogP contribution in [0.1, 0.15) is 5.56 Å². The number of halogens is 3. The van der Waals surface area contributed by atoms with Gasteiger partial charge in [0, 0.05) is 6.07 Å². The molecule has 0 spiro atoms. The zero-order chi connectivity index (χ0) is 16.7. The van der Waals surface area contributed by atoms with E-state index in [1.54, 1.807) is 0 Å². The summed E-state index contributed by atoms with van der Waals surface area (Å²) in [4.78, 5) is 34.7. The van der Waals surface area contributed by atoms with Gasteiger partial charge in [0.15, 0.2) is 5.71 Å². The molecule has 1 aromatic rings. The van der Waals surface area contributed by atoms with Crippen molar-refractivity contribution in [1.82, 2.24) is 0 Å². The van der Waals surface area contributed by atoms with Crippen LogP contribution in [-0.4, -0.2) is 34.0 Å². The second-order valence-corrected chi connectivity index (χ2v) is 4.20. The quantitative estimate of drug-likeness (QED) is 0.497. The van der Waals surface area contributed by atoms with Gasteiger partial charge in [-0.15, -0.1) is 0 Å². The molecule has 1 heterocycles. The normalized spacial score (nSPS) is 17.0. The number of nitrogens with one attached hydrogen (secondary N) is 1. The first-order valence-corrected chi connectivity index (χ1v) is 5.58. The summed E-state index contributed by atoms with van der Waals surface area (Å²) in [7, 11) is 0. The van der Waals surface area contributed by atoms with Gasteiger partial charge in [-0.25, -0.2) is 9.79 Å². The molecule has 1 aliphatic heterocycles. The van der Waals surface area contributed by atoms with E-state index < -0.39 is 45.8 Å². The average Bonchev–Trinajstić information content (AvgIpc) is 2.43. The van der Waals surface area contributed by atoms with E-state index in [0.29, 0.717) is 12.1 Å². The number of anilines is 1.